The van der Waals surface area contributed by atoms with Gasteiger partial charge in [-0.1, -0.05) is 47.5 Å². The maximum absolute atomic E-state index is 12.3. The van der Waals surface area contributed by atoms with E-state index in [0.29, 0.717) is 15.7 Å². The number of hydrogen-bond donors (Lipinski definition) is 0. The summed E-state index contributed by atoms with van der Waals surface area (Å²) in [6.07, 6.45) is 0. The van der Waals surface area contributed by atoms with Crippen LogP contribution in [0.4, 0.5) is 0 Å². The van der Waals surface area contributed by atoms with Crippen molar-refractivity contribution in [2.75, 3.05) is 0 Å². The number of benzene rings is 3. The van der Waals surface area contributed by atoms with Gasteiger partial charge in [0.05, 0.1) is 15.7 Å². The molecule has 0 atom stereocenters. The minimum absolute atomic E-state index is 0.290. The molecule has 0 saturated heterocycles. The molecule has 0 N–H and O–H groups in total. The highest BCUT2D eigenvalue weighted by Crippen LogP contribution is 2.31. The average Bonchev–Trinajstić information content (AvgIpc) is 3.08. The van der Waals surface area contributed by atoms with Gasteiger partial charge in [-0.05, 0) is 76.9 Å². The Labute approximate surface area is 189 Å². The molecule has 0 aliphatic heterocycles. The molecule has 0 saturated carbocycles. The third-order valence-corrected chi connectivity index (χ3v) is 5.87. The fourth-order valence-electron chi connectivity index (χ4n) is 3.35. The van der Waals surface area contributed by atoms with Crippen molar-refractivity contribution in [1.82, 2.24) is 19.8 Å². The highest BCUT2D eigenvalue weighted by Gasteiger charge is 2.14. The van der Waals surface area contributed by atoms with E-state index < -0.39 is 0 Å². The maximum Gasteiger partial charge on any atom is 0.368 e. The molecule has 3 aromatic carbocycles. The van der Waals surface area contributed by atoms with Crippen LogP contribution in [0.25, 0.3) is 16.8 Å². The first-order chi connectivity index (χ1) is 14.8. The minimum Gasteiger partial charge on any atom is -0.489 e. The van der Waals surface area contributed by atoms with E-state index in [0.717, 1.165) is 33.6 Å². The first-order valence-electron chi connectivity index (χ1n) is 9.62. The van der Waals surface area contributed by atoms with E-state index in [2.05, 4.69) is 10.4 Å². The molecule has 0 radical (unpaired) electrons. The normalized spacial score (nSPS) is 11.0. The number of ether oxygens (including phenoxy) is 1. The van der Waals surface area contributed by atoms with E-state index in [9.17, 15) is 4.79 Å². The van der Waals surface area contributed by atoms with Crippen LogP contribution in [0.1, 0.15) is 16.7 Å². The molecule has 0 amide bonds. The van der Waals surface area contributed by atoms with Crippen LogP contribution in [-0.2, 0) is 13.7 Å². The standard InChI is InChI=1S/C23H20Cl2N4O2/c1-14-5-4-6-21(29-23(30)28(3)26-27-29)18(14)13-31-22-10-8-16(11-15(22)2)17-7-9-19(24)20(25)12-17/h4-12H,13H2,1-3H3. The van der Waals surface area contributed by atoms with Crippen LogP contribution in [0, 0.1) is 13.8 Å². The SMILES string of the molecule is Cc1cc(-c2ccc(Cl)c(Cl)c2)ccc1OCc1c(C)cccc1-n1nnn(C)c1=O. The smallest absolute Gasteiger partial charge is 0.368 e. The van der Waals surface area contributed by atoms with Crippen molar-refractivity contribution in [2.24, 2.45) is 7.05 Å². The fourth-order valence-corrected chi connectivity index (χ4v) is 3.65. The molecule has 0 bridgehead atoms. The lowest BCUT2D eigenvalue weighted by Crippen LogP contribution is -2.23. The molecule has 1 aromatic heterocycles. The molecule has 31 heavy (non-hydrogen) atoms. The van der Waals surface area contributed by atoms with Crippen molar-refractivity contribution in [3.63, 3.8) is 0 Å². The first kappa shape index (κ1) is 21.2. The Hall–Kier alpha value is -3.09. The van der Waals surface area contributed by atoms with Gasteiger partial charge in [-0.2, -0.15) is 9.36 Å². The highest BCUT2D eigenvalue weighted by molar-refractivity contribution is 6.42. The van der Waals surface area contributed by atoms with Crippen LogP contribution in [0.15, 0.2) is 59.4 Å². The van der Waals surface area contributed by atoms with Gasteiger partial charge < -0.3 is 4.74 Å². The third-order valence-electron chi connectivity index (χ3n) is 5.14. The molecule has 0 fully saturated rings. The Kier molecular flexibility index (Phi) is 5.85. The van der Waals surface area contributed by atoms with E-state index in [1.165, 1.54) is 9.36 Å². The summed E-state index contributed by atoms with van der Waals surface area (Å²) in [5, 5.41) is 8.81. The van der Waals surface area contributed by atoms with Crippen LogP contribution in [0.5, 0.6) is 5.75 Å². The molecule has 1 heterocycles. The van der Waals surface area contributed by atoms with Crippen molar-refractivity contribution in [1.29, 1.82) is 0 Å². The van der Waals surface area contributed by atoms with Gasteiger partial charge in [0.2, 0.25) is 0 Å². The van der Waals surface area contributed by atoms with Gasteiger partial charge in [0, 0.05) is 12.6 Å². The second kappa shape index (κ2) is 8.57. The predicted molar refractivity (Wildman–Crippen MR) is 122 cm³/mol. The molecule has 6 nitrogen and oxygen atoms in total. The monoisotopic (exact) mass is 454 g/mol. The molecular formula is C23H20Cl2N4O2. The lowest BCUT2D eigenvalue weighted by Gasteiger charge is -2.15. The molecule has 0 spiro atoms. The number of rotatable bonds is 5. The Balaban J connectivity index is 1.61. The highest BCUT2D eigenvalue weighted by atomic mass is 35.5. The summed E-state index contributed by atoms with van der Waals surface area (Å²) in [4.78, 5) is 12.3. The lowest BCUT2D eigenvalue weighted by molar-refractivity contribution is 0.302. The van der Waals surface area contributed by atoms with E-state index in [-0.39, 0.29) is 12.3 Å². The summed E-state index contributed by atoms with van der Waals surface area (Å²) < 4.78 is 8.61. The molecule has 158 valence electrons. The summed E-state index contributed by atoms with van der Waals surface area (Å²) in [5.74, 6) is 0.754. The Morgan fingerprint density at radius 2 is 1.65 bits per heavy atom. The summed E-state index contributed by atoms with van der Waals surface area (Å²) in [5.41, 5.74) is 5.20. The van der Waals surface area contributed by atoms with Crippen molar-refractivity contribution >= 4 is 23.2 Å². The van der Waals surface area contributed by atoms with E-state index in [1.807, 2.05) is 62.4 Å². The van der Waals surface area contributed by atoms with E-state index in [4.69, 9.17) is 27.9 Å². The molecule has 0 unspecified atom stereocenters. The molecule has 0 aliphatic rings. The summed E-state index contributed by atoms with van der Waals surface area (Å²) in [6, 6.07) is 17.2. The van der Waals surface area contributed by atoms with Gasteiger partial charge in [0.15, 0.2) is 0 Å². The first-order valence-corrected chi connectivity index (χ1v) is 10.4. The Bertz CT molecular complexity index is 1330. The van der Waals surface area contributed by atoms with Gasteiger partial charge in [-0.15, -0.1) is 0 Å². The van der Waals surface area contributed by atoms with Crippen LogP contribution in [-0.4, -0.2) is 19.8 Å². The lowest BCUT2D eigenvalue weighted by atomic mass is 10.0. The molecule has 0 aliphatic carbocycles. The number of aromatic nitrogens is 4. The van der Waals surface area contributed by atoms with Gasteiger partial charge >= 0.3 is 5.69 Å². The fraction of sp³-hybridized carbons (Fsp3) is 0.174. The molecular weight excluding hydrogens is 435 g/mol. The molecule has 4 rings (SSSR count). The summed E-state index contributed by atoms with van der Waals surface area (Å²) in [7, 11) is 1.57. The Morgan fingerprint density at radius 3 is 2.32 bits per heavy atom. The predicted octanol–water partition coefficient (Wildman–Crippen LogP) is 5.14. The van der Waals surface area contributed by atoms with E-state index >= 15 is 0 Å². The van der Waals surface area contributed by atoms with E-state index in [1.54, 1.807) is 13.1 Å². The number of tetrazole rings is 1. The topological polar surface area (TPSA) is 61.9 Å². The average molecular weight is 455 g/mol. The van der Waals surface area contributed by atoms with Gasteiger partial charge in [-0.25, -0.2) is 4.79 Å². The summed E-state index contributed by atoms with van der Waals surface area (Å²) >= 11 is 12.2. The third kappa shape index (κ3) is 4.22. The van der Waals surface area contributed by atoms with Crippen molar-refractivity contribution < 1.29 is 4.74 Å². The maximum atomic E-state index is 12.3. The van der Waals surface area contributed by atoms with Crippen molar-refractivity contribution in [3.8, 4) is 22.6 Å². The number of halogens is 2. The molecule has 8 heteroatoms. The number of hydrogen-bond acceptors (Lipinski definition) is 4. The zero-order valence-corrected chi connectivity index (χ0v) is 18.8. The van der Waals surface area contributed by atoms with Gasteiger partial charge in [-0.3, -0.25) is 0 Å². The van der Waals surface area contributed by atoms with Gasteiger partial charge in [0.25, 0.3) is 0 Å². The second-order valence-corrected chi connectivity index (χ2v) is 8.08. The van der Waals surface area contributed by atoms with Crippen LogP contribution >= 0.6 is 23.2 Å². The van der Waals surface area contributed by atoms with Crippen molar-refractivity contribution in [2.45, 2.75) is 20.5 Å². The molecule has 4 aromatic rings. The summed E-state index contributed by atoms with van der Waals surface area (Å²) in [6.45, 7) is 4.25. The van der Waals surface area contributed by atoms with Crippen LogP contribution in [0.3, 0.4) is 0 Å². The Morgan fingerprint density at radius 1 is 0.903 bits per heavy atom. The largest absolute Gasteiger partial charge is 0.489 e. The minimum atomic E-state index is -0.311. The van der Waals surface area contributed by atoms with Crippen LogP contribution in [0.2, 0.25) is 10.0 Å². The van der Waals surface area contributed by atoms with Gasteiger partial charge in [0.1, 0.15) is 12.4 Å². The zero-order valence-electron chi connectivity index (χ0n) is 17.3. The quantitative estimate of drug-likeness (QED) is 0.418. The second-order valence-electron chi connectivity index (χ2n) is 7.27. The van der Waals surface area contributed by atoms with Crippen LogP contribution < -0.4 is 10.4 Å². The number of nitrogens with zero attached hydrogens (tertiary/aromatic N) is 4. The zero-order chi connectivity index (χ0) is 22.1. The van der Waals surface area contributed by atoms with Crippen molar-refractivity contribution in [3.05, 3.63) is 91.8 Å². The number of aryl methyl sites for hydroxylation is 3.